The number of nitrogens with zero attached hydrogens (tertiary/aromatic N) is 1. The van der Waals surface area contributed by atoms with Gasteiger partial charge in [0.15, 0.2) is 0 Å². The molecule has 1 aromatic rings. The van der Waals surface area contributed by atoms with Crippen LogP contribution >= 0.6 is 11.8 Å². The Bertz CT molecular complexity index is 471. The van der Waals surface area contributed by atoms with E-state index in [0.29, 0.717) is 6.54 Å². The molecule has 1 aromatic carbocycles. The van der Waals surface area contributed by atoms with Crippen LogP contribution in [0, 0.1) is 0 Å². The third kappa shape index (κ3) is 2.59. The highest BCUT2D eigenvalue weighted by molar-refractivity contribution is 8.00. The Labute approximate surface area is 125 Å². The molecule has 1 amide bonds. The van der Waals surface area contributed by atoms with Crippen LogP contribution in [0.1, 0.15) is 37.4 Å². The molecule has 3 rings (SSSR count). The molecule has 2 fully saturated rings. The molecule has 2 aliphatic rings. The lowest BCUT2D eigenvalue weighted by molar-refractivity contribution is -0.128. The van der Waals surface area contributed by atoms with Crippen LogP contribution in [-0.4, -0.2) is 34.9 Å². The molecular formula is C16H22N2OS. The number of rotatable bonds is 4. The molecule has 3 nitrogen and oxygen atoms in total. The fourth-order valence-corrected chi connectivity index (χ4v) is 4.37. The maximum absolute atomic E-state index is 12.3. The minimum atomic E-state index is 0.0494. The van der Waals surface area contributed by atoms with Crippen molar-refractivity contribution in [3.05, 3.63) is 35.9 Å². The molecule has 1 atom stereocenters. The second-order valence-electron chi connectivity index (χ2n) is 5.81. The molecule has 0 radical (unpaired) electrons. The molecule has 1 saturated carbocycles. The zero-order valence-electron chi connectivity index (χ0n) is 12.0. The van der Waals surface area contributed by atoms with Gasteiger partial charge in [-0.3, -0.25) is 10.1 Å². The summed E-state index contributed by atoms with van der Waals surface area (Å²) in [5, 5.41) is 3.36. The van der Waals surface area contributed by atoms with E-state index in [1.54, 1.807) is 0 Å². The van der Waals surface area contributed by atoms with Gasteiger partial charge in [-0.2, -0.15) is 11.8 Å². The number of hydrogen-bond donors (Lipinski definition) is 1. The summed E-state index contributed by atoms with van der Waals surface area (Å²) in [7, 11) is 0. The molecule has 1 saturated heterocycles. The SMILES string of the molecule is CSC1(CN2C(=O)CNC2c2ccccc2)CCCC1. The van der Waals surface area contributed by atoms with Crippen molar-refractivity contribution >= 4 is 17.7 Å². The van der Waals surface area contributed by atoms with E-state index in [1.165, 1.54) is 31.2 Å². The van der Waals surface area contributed by atoms with Crippen LogP contribution < -0.4 is 5.32 Å². The minimum Gasteiger partial charge on any atom is -0.320 e. The first kappa shape index (κ1) is 14.0. The largest absolute Gasteiger partial charge is 0.320 e. The molecule has 0 aromatic heterocycles. The Morgan fingerprint density at radius 1 is 1.30 bits per heavy atom. The van der Waals surface area contributed by atoms with E-state index in [1.807, 2.05) is 30.0 Å². The highest BCUT2D eigenvalue weighted by Crippen LogP contribution is 2.42. The fourth-order valence-electron chi connectivity index (χ4n) is 3.41. The first-order valence-corrected chi connectivity index (χ1v) is 8.60. The predicted octanol–water partition coefficient (Wildman–Crippen LogP) is 2.79. The summed E-state index contributed by atoms with van der Waals surface area (Å²) in [6, 6.07) is 10.3. The number of hydrogen-bond acceptors (Lipinski definition) is 3. The van der Waals surface area contributed by atoms with Gasteiger partial charge >= 0.3 is 0 Å². The van der Waals surface area contributed by atoms with Crippen LogP contribution in [0.4, 0.5) is 0 Å². The van der Waals surface area contributed by atoms with E-state index in [-0.39, 0.29) is 16.8 Å². The molecule has 4 heteroatoms. The molecule has 1 heterocycles. The smallest absolute Gasteiger partial charge is 0.238 e. The lowest BCUT2D eigenvalue weighted by Gasteiger charge is -2.35. The van der Waals surface area contributed by atoms with Gasteiger partial charge in [-0.15, -0.1) is 0 Å². The van der Waals surface area contributed by atoms with Crippen LogP contribution in [0.2, 0.25) is 0 Å². The van der Waals surface area contributed by atoms with Crippen molar-refractivity contribution in [1.82, 2.24) is 10.2 Å². The normalized spacial score (nSPS) is 25.4. The quantitative estimate of drug-likeness (QED) is 0.925. The minimum absolute atomic E-state index is 0.0494. The lowest BCUT2D eigenvalue weighted by Crippen LogP contribution is -2.41. The van der Waals surface area contributed by atoms with E-state index >= 15 is 0 Å². The van der Waals surface area contributed by atoms with Gasteiger partial charge < -0.3 is 4.90 Å². The topological polar surface area (TPSA) is 32.3 Å². The third-order valence-electron chi connectivity index (χ3n) is 4.60. The zero-order valence-corrected chi connectivity index (χ0v) is 12.8. The first-order valence-electron chi connectivity index (χ1n) is 7.37. The molecule has 20 heavy (non-hydrogen) atoms. The molecule has 1 aliphatic heterocycles. The number of carbonyl (C=O) groups is 1. The number of carbonyl (C=O) groups excluding carboxylic acids is 1. The summed E-state index contributed by atoms with van der Waals surface area (Å²) in [5.74, 6) is 0.235. The van der Waals surface area contributed by atoms with Crippen molar-refractivity contribution in [1.29, 1.82) is 0 Å². The second kappa shape index (κ2) is 5.78. The average Bonchev–Trinajstić information content (AvgIpc) is 3.09. The van der Waals surface area contributed by atoms with Crippen LogP contribution in [-0.2, 0) is 4.79 Å². The molecule has 108 valence electrons. The predicted molar refractivity (Wildman–Crippen MR) is 83.6 cm³/mol. The van der Waals surface area contributed by atoms with E-state index in [0.717, 1.165) is 6.54 Å². The highest BCUT2D eigenvalue weighted by Gasteiger charge is 2.40. The monoisotopic (exact) mass is 290 g/mol. The molecular weight excluding hydrogens is 268 g/mol. The molecule has 1 unspecified atom stereocenters. The summed E-state index contributed by atoms with van der Waals surface area (Å²) in [6.07, 6.45) is 7.31. The first-order chi connectivity index (χ1) is 9.74. The van der Waals surface area contributed by atoms with Crippen molar-refractivity contribution in [3.8, 4) is 0 Å². The van der Waals surface area contributed by atoms with Crippen molar-refractivity contribution in [2.24, 2.45) is 0 Å². The Kier molecular flexibility index (Phi) is 4.03. The van der Waals surface area contributed by atoms with Gasteiger partial charge in [0.1, 0.15) is 6.17 Å². The van der Waals surface area contributed by atoms with Crippen LogP contribution in [0.25, 0.3) is 0 Å². The van der Waals surface area contributed by atoms with Gasteiger partial charge in [0, 0.05) is 11.3 Å². The number of nitrogens with one attached hydrogen (secondary N) is 1. The van der Waals surface area contributed by atoms with E-state index in [2.05, 4.69) is 28.6 Å². The third-order valence-corrected chi connectivity index (χ3v) is 6.00. The second-order valence-corrected chi connectivity index (χ2v) is 7.08. The van der Waals surface area contributed by atoms with Crippen molar-refractivity contribution < 1.29 is 4.79 Å². The standard InChI is InChI=1S/C16H22N2OS/c1-20-16(9-5-6-10-16)12-18-14(19)11-17-15(18)13-7-3-2-4-8-13/h2-4,7-8,15,17H,5-6,9-12H2,1H3. The summed E-state index contributed by atoms with van der Waals surface area (Å²) < 4.78 is 0.273. The Balaban J connectivity index is 1.80. The van der Waals surface area contributed by atoms with Crippen LogP contribution in [0.3, 0.4) is 0 Å². The Hall–Kier alpha value is -1.00. The Morgan fingerprint density at radius 3 is 2.65 bits per heavy atom. The summed E-state index contributed by atoms with van der Waals surface area (Å²) in [6.45, 7) is 1.34. The average molecular weight is 290 g/mol. The van der Waals surface area contributed by atoms with Crippen molar-refractivity contribution in [2.45, 2.75) is 36.6 Å². The zero-order chi connectivity index (χ0) is 14.0. The fraction of sp³-hybridized carbons (Fsp3) is 0.562. The summed E-state index contributed by atoms with van der Waals surface area (Å²) in [4.78, 5) is 14.3. The highest BCUT2D eigenvalue weighted by atomic mass is 32.2. The lowest BCUT2D eigenvalue weighted by atomic mass is 10.1. The maximum atomic E-state index is 12.3. The number of benzene rings is 1. The van der Waals surface area contributed by atoms with E-state index < -0.39 is 0 Å². The van der Waals surface area contributed by atoms with Gasteiger partial charge in [0.25, 0.3) is 0 Å². The van der Waals surface area contributed by atoms with E-state index in [9.17, 15) is 4.79 Å². The van der Waals surface area contributed by atoms with Gasteiger partial charge in [0.2, 0.25) is 5.91 Å². The molecule has 0 bridgehead atoms. The van der Waals surface area contributed by atoms with Gasteiger partial charge in [-0.1, -0.05) is 43.2 Å². The maximum Gasteiger partial charge on any atom is 0.238 e. The summed E-state index contributed by atoms with van der Waals surface area (Å²) >= 11 is 1.94. The van der Waals surface area contributed by atoms with Gasteiger partial charge in [-0.25, -0.2) is 0 Å². The number of thioether (sulfide) groups is 1. The van der Waals surface area contributed by atoms with Crippen molar-refractivity contribution in [2.75, 3.05) is 19.3 Å². The molecule has 0 spiro atoms. The molecule has 1 aliphatic carbocycles. The van der Waals surface area contributed by atoms with Crippen LogP contribution in [0.5, 0.6) is 0 Å². The van der Waals surface area contributed by atoms with Gasteiger partial charge in [0.05, 0.1) is 6.54 Å². The van der Waals surface area contributed by atoms with E-state index in [4.69, 9.17) is 0 Å². The van der Waals surface area contributed by atoms with Crippen LogP contribution in [0.15, 0.2) is 30.3 Å². The van der Waals surface area contributed by atoms with Crippen molar-refractivity contribution in [3.63, 3.8) is 0 Å². The number of amides is 1. The van der Waals surface area contributed by atoms with Gasteiger partial charge in [-0.05, 0) is 24.7 Å². The molecule has 1 N–H and O–H groups in total. The summed E-state index contributed by atoms with van der Waals surface area (Å²) in [5.41, 5.74) is 1.19. The Morgan fingerprint density at radius 2 is 2.00 bits per heavy atom.